The summed E-state index contributed by atoms with van der Waals surface area (Å²) in [5.74, 6) is 0.947. The van der Waals surface area contributed by atoms with Crippen LogP contribution < -0.4 is 5.32 Å². The van der Waals surface area contributed by atoms with Gasteiger partial charge in [0.25, 0.3) is 0 Å². The van der Waals surface area contributed by atoms with Crippen LogP contribution in [0.3, 0.4) is 0 Å². The molecule has 2 aliphatic rings. The Kier molecular flexibility index (Phi) is 2.37. The van der Waals surface area contributed by atoms with Crippen molar-refractivity contribution in [2.24, 2.45) is 11.3 Å². The lowest BCUT2D eigenvalue weighted by Gasteiger charge is -2.26. The molecule has 2 heterocycles. The molecule has 0 radical (unpaired) electrons. The average Bonchev–Trinajstić information content (AvgIpc) is 2.40. The molecule has 0 aromatic rings. The number of rotatable bonds is 1. The largest absolute Gasteiger partial charge is 0.312 e. The lowest BCUT2D eigenvalue weighted by Crippen LogP contribution is -2.34. The maximum atomic E-state index is 3.59. The Morgan fingerprint density at radius 3 is 2.69 bits per heavy atom. The van der Waals surface area contributed by atoms with Crippen molar-refractivity contribution in [3.63, 3.8) is 0 Å². The smallest absolute Gasteiger partial charge is 0.0235 e. The Balaban J connectivity index is 1.85. The lowest BCUT2D eigenvalue weighted by atomic mass is 9.96. The van der Waals surface area contributed by atoms with E-state index in [0.717, 1.165) is 12.0 Å². The van der Waals surface area contributed by atoms with Crippen LogP contribution in [0, 0.1) is 11.3 Å². The number of fused-ring (bicyclic) bond motifs is 1. The molecule has 2 nitrogen and oxygen atoms in total. The predicted octanol–water partition coefficient (Wildman–Crippen LogP) is 1.33. The van der Waals surface area contributed by atoms with E-state index in [0.29, 0.717) is 5.41 Å². The van der Waals surface area contributed by atoms with Crippen molar-refractivity contribution in [1.82, 2.24) is 10.2 Å². The van der Waals surface area contributed by atoms with E-state index in [1.165, 1.54) is 32.6 Å². The van der Waals surface area contributed by atoms with Gasteiger partial charge in [0.05, 0.1) is 0 Å². The van der Waals surface area contributed by atoms with Gasteiger partial charge in [-0.1, -0.05) is 20.8 Å². The van der Waals surface area contributed by atoms with Gasteiger partial charge in [-0.15, -0.1) is 0 Å². The van der Waals surface area contributed by atoms with Gasteiger partial charge in [-0.2, -0.15) is 0 Å². The van der Waals surface area contributed by atoms with E-state index in [9.17, 15) is 0 Å². The SMILES string of the molecule is CC(C)(C)CN1C[C@H]2CCN[C@H]2C1. The molecule has 0 amide bonds. The molecule has 76 valence electrons. The van der Waals surface area contributed by atoms with E-state index >= 15 is 0 Å². The van der Waals surface area contributed by atoms with Gasteiger partial charge < -0.3 is 10.2 Å². The molecule has 0 bridgehead atoms. The van der Waals surface area contributed by atoms with Crippen LogP contribution >= 0.6 is 0 Å². The summed E-state index contributed by atoms with van der Waals surface area (Å²) in [5, 5.41) is 3.59. The summed E-state index contributed by atoms with van der Waals surface area (Å²) in [6.07, 6.45) is 1.39. The zero-order valence-electron chi connectivity index (χ0n) is 9.14. The first-order valence-electron chi connectivity index (χ1n) is 5.50. The monoisotopic (exact) mass is 182 g/mol. The van der Waals surface area contributed by atoms with Gasteiger partial charge in [0, 0.05) is 25.7 Å². The van der Waals surface area contributed by atoms with Crippen LogP contribution in [-0.4, -0.2) is 37.1 Å². The van der Waals surface area contributed by atoms with Gasteiger partial charge in [0.2, 0.25) is 0 Å². The van der Waals surface area contributed by atoms with Crippen molar-refractivity contribution in [2.75, 3.05) is 26.2 Å². The fourth-order valence-electron chi connectivity index (χ4n) is 2.74. The van der Waals surface area contributed by atoms with Gasteiger partial charge in [0.15, 0.2) is 0 Å². The van der Waals surface area contributed by atoms with E-state index < -0.39 is 0 Å². The molecule has 0 aromatic heterocycles. The van der Waals surface area contributed by atoms with Crippen molar-refractivity contribution in [2.45, 2.75) is 33.2 Å². The van der Waals surface area contributed by atoms with Crippen LogP contribution in [0.1, 0.15) is 27.2 Å². The Labute approximate surface area is 81.7 Å². The molecule has 2 rings (SSSR count). The molecule has 0 aromatic carbocycles. The topological polar surface area (TPSA) is 15.3 Å². The van der Waals surface area contributed by atoms with E-state index in [4.69, 9.17) is 0 Å². The fraction of sp³-hybridized carbons (Fsp3) is 1.00. The highest BCUT2D eigenvalue weighted by Crippen LogP contribution is 2.27. The molecule has 2 atom stereocenters. The molecule has 0 spiro atoms. The zero-order chi connectivity index (χ0) is 9.47. The van der Waals surface area contributed by atoms with Crippen molar-refractivity contribution in [1.29, 1.82) is 0 Å². The van der Waals surface area contributed by atoms with Crippen LogP contribution in [0.4, 0.5) is 0 Å². The molecule has 13 heavy (non-hydrogen) atoms. The molecule has 2 fully saturated rings. The quantitative estimate of drug-likeness (QED) is 0.658. The molecule has 2 saturated heterocycles. The Morgan fingerprint density at radius 2 is 2.08 bits per heavy atom. The molecule has 0 saturated carbocycles. The average molecular weight is 182 g/mol. The summed E-state index contributed by atoms with van der Waals surface area (Å²) in [7, 11) is 0. The van der Waals surface area contributed by atoms with Gasteiger partial charge in [-0.25, -0.2) is 0 Å². The number of hydrogen-bond donors (Lipinski definition) is 1. The second-order valence-corrected chi connectivity index (χ2v) is 5.86. The predicted molar refractivity (Wildman–Crippen MR) is 55.8 cm³/mol. The fourth-order valence-corrected chi connectivity index (χ4v) is 2.74. The third-order valence-corrected chi connectivity index (χ3v) is 3.14. The van der Waals surface area contributed by atoms with Crippen LogP contribution in [0.5, 0.6) is 0 Å². The first-order valence-corrected chi connectivity index (χ1v) is 5.50. The highest BCUT2D eigenvalue weighted by molar-refractivity contribution is 4.94. The molecule has 0 unspecified atom stereocenters. The van der Waals surface area contributed by atoms with Crippen molar-refractivity contribution >= 4 is 0 Å². The number of nitrogens with one attached hydrogen (secondary N) is 1. The lowest BCUT2D eigenvalue weighted by molar-refractivity contribution is 0.216. The van der Waals surface area contributed by atoms with E-state index in [-0.39, 0.29) is 0 Å². The minimum atomic E-state index is 0.457. The second kappa shape index (κ2) is 3.25. The van der Waals surface area contributed by atoms with Crippen LogP contribution in [0.2, 0.25) is 0 Å². The standard InChI is InChI=1S/C11H22N2/c1-11(2,3)8-13-6-9-4-5-12-10(9)7-13/h9-10,12H,4-8H2,1-3H3/t9-,10+/m1/s1. The summed E-state index contributed by atoms with van der Waals surface area (Å²) < 4.78 is 0. The molecule has 1 N–H and O–H groups in total. The summed E-state index contributed by atoms with van der Waals surface area (Å²) in [4.78, 5) is 2.63. The Hall–Kier alpha value is -0.0800. The van der Waals surface area contributed by atoms with E-state index in [2.05, 4.69) is 31.0 Å². The maximum absolute atomic E-state index is 3.59. The van der Waals surface area contributed by atoms with Crippen LogP contribution in [0.15, 0.2) is 0 Å². The Morgan fingerprint density at radius 1 is 1.31 bits per heavy atom. The van der Waals surface area contributed by atoms with Gasteiger partial charge >= 0.3 is 0 Å². The summed E-state index contributed by atoms with van der Waals surface area (Å²) in [5.41, 5.74) is 0.457. The molecule has 2 heteroatoms. The third kappa shape index (κ3) is 2.23. The first-order chi connectivity index (χ1) is 6.04. The normalized spacial score (nSPS) is 35.3. The van der Waals surface area contributed by atoms with Gasteiger partial charge in [-0.3, -0.25) is 0 Å². The van der Waals surface area contributed by atoms with Crippen LogP contribution in [-0.2, 0) is 0 Å². The maximum Gasteiger partial charge on any atom is 0.0235 e. The molecular formula is C11H22N2. The number of nitrogens with zero attached hydrogens (tertiary/aromatic N) is 1. The van der Waals surface area contributed by atoms with Gasteiger partial charge in [0.1, 0.15) is 0 Å². The van der Waals surface area contributed by atoms with E-state index in [1.807, 2.05) is 0 Å². The zero-order valence-corrected chi connectivity index (χ0v) is 9.14. The van der Waals surface area contributed by atoms with E-state index in [1.54, 1.807) is 0 Å². The van der Waals surface area contributed by atoms with Gasteiger partial charge in [-0.05, 0) is 24.3 Å². The molecule has 2 aliphatic heterocycles. The van der Waals surface area contributed by atoms with Crippen molar-refractivity contribution in [3.05, 3.63) is 0 Å². The first kappa shape index (κ1) is 9.47. The summed E-state index contributed by atoms with van der Waals surface area (Å²) in [6.45, 7) is 12.1. The number of likely N-dealkylation sites (tertiary alicyclic amines) is 1. The minimum absolute atomic E-state index is 0.457. The highest BCUT2D eigenvalue weighted by Gasteiger charge is 2.36. The highest BCUT2D eigenvalue weighted by atomic mass is 15.2. The van der Waals surface area contributed by atoms with Crippen molar-refractivity contribution in [3.8, 4) is 0 Å². The summed E-state index contributed by atoms with van der Waals surface area (Å²) in [6, 6.07) is 0.808. The van der Waals surface area contributed by atoms with Crippen molar-refractivity contribution < 1.29 is 0 Å². The second-order valence-electron chi connectivity index (χ2n) is 5.86. The Bertz CT molecular complexity index is 171. The summed E-state index contributed by atoms with van der Waals surface area (Å²) >= 11 is 0. The number of hydrogen-bond acceptors (Lipinski definition) is 2. The van der Waals surface area contributed by atoms with Crippen LogP contribution in [0.25, 0.3) is 0 Å². The molecular weight excluding hydrogens is 160 g/mol. The molecule has 0 aliphatic carbocycles. The third-order valence-electron chi connectivity index (χ3n) is 3.14. The minimum Gasteiger partial charge on any atom is -0.312 e.